The minimum absolute atomic E-state index is 0.0437. The van der Waals surface area contributed by atoms with Gasteiger partial charge in [0.1, 0.15) is 18.0 Å². The van der Waals surface area contributed by atoms with Gasteiger partial charge in [-0.05, 0) is 18.9 Å². The lowest BCUT2D eigenvalue weighted by atomic mass is 10.1. The molecule has 4 aromatic rings. The largest absolute Gasteiger partial charge is 0.360 e. The molecular weight excluding hydrogens is 340 g/mol. The molecule has 0 aliphatic heterocycles. The van der Waals surface area contributed by atoms with Gasteiger partial charge in [0, 0.05) is 20.5 Å². The first kappa shape index (κ1) is 17.1. The van der Waals surface area contributed by atoms with E-state index in [9.17, 15) is 0 Å². The number of nitrogens with one attached hydrogen (secondary N) is 1. The first-order chi connectivity index (χ1) is 13.1. The van der Waals surface area contributed by atoms with Crippen molar-refractivity contribution in [2.24, 2.45) is 14.1 Å². The van der Waals surface area contributed by atoms with Crippen molar-refractivity contribution in [3.05, 3.63) is 60.1 Å². The van der Waals surface area contributed by atoms with Crippen LogP contribution in [0.25, 0.3) is 11.0 Å². The maximum Gasteiger partial charge on any atom is 0.163 e. The summed E-state index contributed by atoms with van der Waals surface area (Å²) in [6, 6.07) is 10.3. The monoisotopic (exact) mass is 362 g/mol. The van der Waals surface area contributed by atoms with Crippen LogP contribution in [0.1, 0.15) is 30.2 Å². The van der Waals surface area contributed by atoms with Crippen molar-refractivity contribution in [2.45, 2.75) is 25.8 Å². The van der Waals surface area contributed by atoms with Gasteiger partial charge in [-0.15, -0.1) is 10.2 Å². The van der Waals surface area contributed by atoms with Crippen molar-refractivity contribution in [2.75, 3.05) is 5.32 Å². The molecule has 0 amide bonds. The molecular formula is C19H22N8. The molecule has 3 heterocycles. The second-order valence-electron chi connectivity index (χ2n) is 6.65. The zero-order chi connectivity index (χ0) is 18.8. The standard InChI is InChI=1S/C19H22N8/c1-13(18-25-20-12-26(18)2)22-17-15-11-21-27(3)19(15)24-16(23-17)10-9-14-7-5-4-6-8-14/h4-8,11-13H,9-10H2,1-3H3,(H,22,23,24). The van der Waals surface area contributed by atoms with Gasteiger partial charge in [0.2, 0.25) is 0 Å². The van der Waals surface area contributed by atoms with Gasteiger partial charge in [-0.1, -0.05) is 30.3 Å². The zero-order valence-corrected chi connectivity index (χ0v) is 15.7. The fraction of sp³-hybridized carbons (Fsp3) is 0.316. The van der Waals surface area contributed by atoms with Crippen LogP contribution in [0.15, 0.2) is 42.9 Å². The van der Waals surface area contributed by atoms with E-state index < -0.39 is 0 Å². The molecule has 1 aromatic carbocycles. The Kier molecular flexibility index (Phi) is 4.53. The summed E-state index contributed by atoms with van der Waals surface area (Å²) in [5.41, 5.74) is 2.09. The van der Waals surface area contributed by atoms with Gasteiger partial charge in [0.05, 0.1) is 17.6 Å². The zero-order valence-electron chi connectivity index (χ0n) is 15.7. The fourth-order valence-corrected chi connectivity index (χ4v) is 3.14. The molecule has 0 aliphatic rings. The SMILES string of the molecule is CC(Nc1nc(CCc2ccccc2)nc2c1cnn2C)c1nncn1C. The first-order valence-electron chi connectivity index (χ1n) is 8.95. The second-order valence-corrected chi connectivity index (χ2v) is 6.65. The summed E-state index contributed by atoms with van der Waals surface area (Å²) in [7, 11) is 3.82. The van der Waals surface area contributed by atoms with Crippen LogP contribution in [0.5, 0.6) is 0 Å². The number of benzene rings is 1. The van der Waals surface area contributed by atoms with E-state index in [-0.39, 0.29) is 6.04 Å². The van der Waals surface area contributed by atoms with Gasteiger partial charge in [-0.2, -0.15) is 5.10 Å². The van der Waals surface area contributed by atoms with Crippen LogP contribution < -0.4 is 5.32 Å². The van der Waals surface area contributed by atoms with E-state index in [2.05, 4.69) is 44.9 Å². The third-order valence-electron chi connectivity index (χ3n) is 4.61. The van der Waals surface area contributed by atoms with Crippen LogP contribution >= 0.6 is 0 Å². The Morgan fingerprint density at radius 2 is 1.89 bits per heavy atom. The van der Waals surface area contributed by atoms with Gasteiger partial charge in [0.25, 0.3) is 0 Å². The molecule has 0 radical (unpaired) electrons. The van der Waals surface area contributed by atoms with Crippen LogP contribution in [0.3, 0.4) is 0 Å². The average molecular weight is 362 g/mol. The Labute approximate surface area is 157 Å². The number of nitrogens with zero attached hydrogens (tertiary/aromatic N) is 7. The number of rotatable bonds is 6. The summed E-state index contributed by atoms with van der Waals surface area (Å²) in [4.78, 5) is 9.49. The molecule has 0 saturated heterocycles. The Hall–Kier alpha value is -3.29. The molecule has 1 atom stereocenters. The summed E-state index contributed by atoms with van der Waals surface area (Å²) >= 11 is 0. The highest BCUT2D eigenvalue weighted by atomic mass is 15.3. The average Bonchev–Trinajstić information content (AvgIpc) is 3.27. The molecule has 3 aromatic heterocycles. The van der Waals surface area contributed by atoms with E-state index in [1.54, 1.807) is 17.2 Å². The maximum atomic E-state index is 4.78. The van der Waals surface area contributed by atoms with E-state index >= 15 is 0 Å². The van der Waals surface area contributed by atoms with Crippen LogP contribution in [-0.2, 0) is 26.9 Å². The molecule has 0 fully saturated rings. The quantitative estimate of drug-likeness (QED) is 0.567. The van der Waals surface area contributed by atoms with Crippen molar-refractivity contribution >= 4 is 16.9 Å². The Bertz CT molecular complexity index is 1050. The second kappa shape index (κ2) is 7.14. The lowest BCUT2D eigenvalue weighted by Gasteiger charge is -2.15. The molecule has 0 aliphatic carbocycles. The Balaban J connectivity index is 1.63. The van der Waals surface area contributed by atoms with Gasteiger partial charge in [-0.25, -0.2) is 9.97 Å². The highest BCUT2D eigenvalue weighted by molar-refractivity contribution is 5.86. The molecule has 0 saturated carbocycles. The lowest BCUT2D eigenvalue weighted by molar-refractivity contribution is 0.715. The summed E-state index contributed by atoms with van der Waals surface area (Å²) in [6.45, 7) is 2.04. The number of fused-ring (bicyclic) bond motifs is 1. The highest BCUT2D eigenvalue weighted by Gasteiger charge is 2.17. The summed E-state index contributed by atoms with van der Waals surface area (Å²) < 4.78 is 3.68. The van der Waals surface area contributed by atoms with Gasteiger partial charge < -0.3 is 9.88 Å². The van der Waals surface area contributed by atoms with Crippen molar-refractivity contribution in [3.63, 3.8) is 0 Å². The van der Waals surface area contributed by atoms with E-state index in [1.807, 2.05) is 31.7 Å². The van der Waals surface area contributed by atoms with Crippen LogP contribution in [0.2, 0.25) is 0 Å². The number of aromatic nitrogens is 7. The molecule has 0 bridgehead atoms. The Morgan fingerprint density at radius 3 is 2.63 bits per heavy atom. The van der Waals surface area contributed by atoms with Crippen LogP contribution in [0.4, 0.5) is 5.82 Å². The summed E-state index contributed by atoms with van der Waals surface area (Å²) in [6.07, 6.45) is 5.14. The van der Waals surface area contributed by atoms with E-state index in [4.69, 9.17) is 9.97 Å². The molecule has 138 valence electrons. The van der Waals surface area contributed by atoms with E-state index in [1.165, 1.54) is 5.56 Å². The van der Waals surface area contributed by atoms with Gasteiger partial charge in [0.15, 0.2) is 11.5 Å². The Morgan fingerprint density at radius 1 is 1.07 bits per heavy atom. The van der Waals surface area contributed by atoms with E-state index in [0.717, 1.165) is 41.3 Å². The first-order valence-corrected chi connectivity index (χ1v) is 8.95. The third kappa shape index (κ3) is 3.51. The minimum atomic E-state index is -0.0437. The molecule has 27 heavy (non-hydrogen) atoms. The van der Waals surface area contributed by atoms with Crippen LogP contribution in [0, 0.1) is 0 Å². The predicted octanol–water partition coefficient (Wildman–Crippen LogP) is 2.45. The molecule has 4 rings (SSSR count). The molecule has 0 spiro atoms. The van der Waals surface area contributed by atoms with Crippen molar-refractivity contribution in [1.82, 2.24) is 34.5 Å². The fourth-order valence-electron chi connectivity index (χ4n) is 3.14. The normalized spacial score (nSPS) is 12.4. The molecule has 8 heteroatoms. The van der Waals surface area contributed by atoms with Crippen molar-refractivity contribution in [3.8, 4) is 0 Å². The molecule has 1 N–H and O–H groups in total. The summed E-state index contributed by atoms with van der Waals surface area (Å²) in [5, 5.41) is 16.8. The topological polar surface area (TPSA) is 86.3 Å². The number of anilines is 1. The highest BCUT2D eigenvalue weighted by Crippen LogP contribution is 2.24. The number of hydrogen-bond donors (Lipinski definition) is 1. The number of aryl methyl sites for hydroxylation is 4. The molecule has 8 nitrogen and oxygen atoms in total. The van der Waals surface area contributed by atoms with Crippen LogP contribution in [-0.4, -0.2) is 34.5 Å². The predicted molar refractivity (Wildman–Crippen MR) is 103 cm³/mol. The minimum Gasteiger partial charge on any atom is -0.360 e. The van der Waals surface area contributed by atoms with Crippen molar-refractivity contribution in [1.29, 1.82) is 0 Å². The van der Waals surface area contributed by atoms with Gasteiger partial charge >= 0.3 is 0 Å². The smallest absolute Gasteiger partial charge is 0.163 e. The lowest BCUT2D eigenvalue weighted by Crippen LogP contribution is -2.14. The number of hydrogen-bond acceptors (Lipinski definition) is 6. The summed E-state index contributed by atoms with van der Waals surface area (Å²) in [5.74, 6) is 2.41. The van der Waals surface area contributed by atoms with E-state index in [0.29, 0.717) is 0 Å². The maximum absolute atomic E-state index is 4.78. The van der Waals surface area contributed by atoms with Gasteiger partial charge in [-0.3, -0.25) is 4.68 Å². The molecule has 1 unspecified atom stereocenters. The van der Waals surface area contributed by atoms with Crippen molar-refractivity contribution < 1.29 is 0 Å². The third-order valence-corrected chi connectivity index (χ3v) is 4.61.